The molecule has 2 N–H and O–H groups in total. The molecule has 0 aliphatic heterocycles. The molecule has 2 nitrogen and oxygen atoms in total. The molecule has 1 unspecified atom stereocenters. The number of halogens is 1. The second-order valence-corrected chi connectivity index (χ2v) is 5.18. The number of phenolic OH excluding ortho intramolecular Hbond substituents is 1. The molecule has 2 rings (SSSR count). The highest BCUT2D eigenvalue weighted by Gasteiger charge is 2.29. The Hall–Kier alpha value is -1.32. The van der Waals surface area contributed by atoms with Crippen molar-refractivity contribution in [3.63, 3.8) is 0 Å². The van der Waals surface area contributed by atoms with Gasteiger partial charge in [-0.3, -0.25) is 0 Å². The second kappa shape index (κ2) is 5.12. The van der Waals surface area contributed by atoms with Gasteiger partial charge in [0.2, 0.25) is 0 Å². The molecule has 1 atom stereocenters. The highest BCUT2D eigenvalue weighted by molar-refractivity contribution is 9.10. The Morgan fingerprint density at radius 1 is 0.944 bits per heavy atom. The van der Waals surface area contributed by atoms with Gasteiger partial charge in [0.05, 0.1) is 0 Å². The minimum atomic E-state index is -1.02. The van der Waals surface area contributed by atoms with E-state index in [0.29, 0.717) is 6.42 Å². The van der Waals surface area contributed by atoms with E-state index in [2.05, 4.69) is 15.9 Å². The van der Waals surface area contributed by atoms with Crippen LogP contribution in [0.3, 0.4) is 0 Å². The van der Waals surface area contributed by atoms with Crippen LogP contribution in [0.1, 0.15) is 24.5 Å². The summed E-state index contributed by atoms with van der Waals surface area (Å²) in [5, 5.41) is 20.2. The van der Waals surface area contributed by atoms with E-state index in [0.717, 1.165) is 15.6 Å². The number of rotatable bonds is 3. The molecule has 0 saturated carbocycles. The van der Waals surface area contributed by atoms with E-state index in [1.807, 2.05) is 31.2 Å². The first-order valence-electron chi connectivity index (χ1n) is 5.84. The number of hydrogen-bond acceptors (Lipinski definition) is 2. The number of aliphatic hydroxyl groups is 1. The van der Waals surface area contributed by atoms with Gasteiger partial charge in [0.25, 0.3) is 0 Å². The average Bonchev–Trinajstić information content (AvgIpc) is 2.39. The summed E-state index contributed by atoms with van der Waals surface area (Å²) in [5.74, 6) is 0.202. The maximum atomic E-state index is 10.8. The van der Waals surface area contributed by atoms with Crippen molar-refractivity contribution in [2.75, 3.05) is 0 Å². The zero-order chi connectivity index (χ0) is 13.2. The molecule has 0 amide bonds. The molecule has 94 valence electrons. The van der Waals surface area contributed by atoms with Gasteiger partial charge in [-0.2, -0.15) is 0 Å². The molecule has 2 aromatic rings. The Kier molecular flexibility index (Phi) is 3.73. The number of benzene rings is 2. The minimum Gasteiger partial charge on any atom is -0.508 e. The van der Waals surface area contributed by atoms with Crippen LogP contribution in [0.25, 0.3) is 0 Å². The van der Waals surface area contributed by atoms with Gasteiger partial charge in [-0.25, -0.2) is 0 Å². The number of aromatic hydroxyl groups is 1. The topological polar surface area (TPSA) is 40.5 Å². The van der Waals surface area contributed by atoms with Crippen LogP contribution in [-0.4, -0.2) is 10.2 Å². The first-order valence-corrected chi connectivity index (χ1v) is 6.63. The van der Waals surface area contributed by atoms with E-state index in [1.165, 1.54) is 0 Å². The van der Waals surface area contributed by atoms with Crippen LogP contribution in [0.4, 0.5) is 0 Å². The molecule has 0 heterocycles. The van der Waals surface area contributed by atoms with Crippen LogP contribution < -0.4 is 0 Å². The maximum absolute atomic E-state index is 10.8. The monoisotopic (exact) mass is 306 g/mol. The molecule has 0 spiro atoms. The van der Waals surface area contributed by atoms with Crippen molar-refractivity contribution in [2.24, 2.45) is 0 Å². The summed E-state index contributed by atoms with van der Waals surface area (Å²) in [4.78, 5) is 0. The molecule has 0 aromatic heterocycles. The van der Waals surface area contributed by atoms with E-state index in [9.17, 15) is 10.2 Å². The fourth-order valence-electron chi connectivity index (χ4n) is 2.04. The molecule has 0 aliphatic carbocycles. The predicted molar refractivity (Wildman–Crippen MR) is 75.5 cm³/mol. The van der Waals surface area contributed by atoms with Crippen molar-refractivity contribution in [1.82, 2.24) is 0 Å². The van der Waals surface area contributed by atoms with Crippen LogP contribution >= 0.6 is 15.9 Å². The van der Waals surface area contributed by atoms with E-state index < -0.39 is 5.60 Å². The number of hydrogen-bond donors (Lipinski definition) is 2. The molecule has 3 heteroatoms. The normalized spacial score (nSPS) is 14.2. The van der Waals surface area contributed by atoms with Gasteiger partial charge >= 0.3 is 0 Å². The molecule has 0 aliphatic rings. The Bertz CT molecular complexity index is 472. The average molecular weight is 307 g/mol. The highest BCUT2D eigenvalue weighted by atomic mass is 79.9. The highest BCUT2D eigenvalue weighted by Crippen LogP contribution is 2.34. The van der Waals surface area contributed by atoms with Gasteiger partial charge in [-0.05, 0) is 41.8 Å². The summed E-state index contributed by atoms with van der Waals surface area (Å²) in [7, 11) is 0. The fraction of sp³-hybridized carbons (Fsp3) is 0.200. The van der Waals surface area contributed by atoms with Crippen molar-refractivity contribution in [1.29, 1.82) is 0 Å². The maximum Gasteiger partial charge on any atom is 0.115 e. The van der Waals surface area contributed by atoms with Gasteiger partial charge in [-0.1, -0.05) is 47.1 Å². The third-order valence-electron chi connectivity index (χ3n) is 3.18. The van der Waals surface area contributed by atoms with Gasteiger partial charge in [0, 0.05) is 4.47 Å². The van der Waals surface area contributed by atoms with Gasteiger partial charge < -0.3 is 10.2 Å². The predicted octanol–water partition coefficient (Wildman–Crippen LogP) is 3.80. The summed E-state index contributed by atoms with van der Waals surface area (Å²) in [6.45, 7) is 1.94. The molecular formula is C15H15BrO2. The molecule has 0 saturated heterocycles. The van der Waals surface area contributed by atoms with Crippen LogP contribution in [-0.2, 0) is 5.60 Å². The van der Waals surface area contributed by atoms with Gasteiger partial charge in [0.1, 0.15) is 11.4 Å². The standard InChI is InChI=1S/C15H15BrO2/c1-2-15(18,11-3-7-13(16)8-4-11)12-5-9-14(17)10-6-12/h3-10,17-18H,2H2,1H3. The van der Waals surface area contributed by atoms with Crippen molar-refractivity contribution >= 4 is 15.9 Å². The van der Waals surface area contributed by atoms with Gasteiger partial charge in [-0.15, -0.1) is 0 Å². The van der Waals surface area contributed by atoms with E-state index >= 15 is 0 Å². The van der Waals surface area contributed by atoms with Crippen LogP contribution in [0.2, 0.25) is 0 Å². The summed E-state index contributed by atoms with van der Waals surface area (Å²) >= 11 is 3.39. The summed E-state index contributed by atoms with van der Waals surface area (Å²) in [5.41, 5.74) is 0.609. The van der Waals surface area contributed by atoms with Crippen molar-refractivity contribution in [3.8, 4) is 5.75 Å². The van der Waals surface area contributed by atoms with Crippen LogP contribution in [0, 0.1) is 0 Å². The Morgan fingerprint density at radius 3 is 1.83 bits per heavy atom. The third kappa shape index (κ3) is 2.42. The lowest BCUT2D eigenvalue weighted by Crippen LogP contribution is -2.26. The molecular weight excluding hydrogens is 292 g/mol. The lowest BCUT2D eigenvalue weighted by atomic mass is 9.84. The minimum absolute atomic E-state index is 0.202. The zero-order valence-corrected chi connectivity index (χ0v) is 11.7. The first-order chi connectivity index (χ1) is 8.56. The lowest BCUT2D eigenvalue weighted by Gasteiger charge is -2.28. The molecule has 0 radical (unpaired) electrons. The Labute approximate surface area is 115 Å². The van der Waals surface area contributed by atoms with Crippen molar-refractivity contribution < 1.29 is 10.2 Å². The second-order valence-electron chi connectivity index (χ2n) is 4.27. The fourth-order valence-corrected chi connectivity index (χ4v) is 2.30. The molecule has 0 fully saturated rings. The summed E-state index contributed by atoms with van der Waals surface area (Å²) in [6, 6.07) is 14.3. The first kappa shape index (κ1) is 13.1. The van der Waals surface area contributed by atoms with E-state index in [4.69, 9.17) is 0 Å². The number of phenols is 1. The Morgan fingerprint density at radius 2 is 1.39 bits per heavy atom. The van der Waals surface area contributed by atoms with E-state index in [-0.39, 0.29) is 5.75 Å². The third-order valence-corrected chi connectivity index (χ3v) is 3.71. The SMILES string of the molecule is CCC(O)(c1ccc(O)cc1)c1ccc(Br)cc1. The zero-order valence-electron chi connectivity index (χ0n) is 10.1. The molecule has 18 heavy (non-hydrogen) atoms. The lowest BCUT2D eigenvalue weighted by molar-refractivity contribution is 0.0765. The smallest absolute Gasteiger partial charge is 0.115 e. The van der Waals surface area contributed by atoms with Gasteiger partial charge in [0.15, 0.2) is 0 Å². The van der Waals surface area contributed by atoms with Crippen LogP contribution in [0.5, 0.6) is 5.75 Å². The largest absolute Gasteiger partial charge is 0.508 e. The van der Waals surface area contributed by atoms with E-state index in [1.54, 1.807) is 24.3 Å². The Balaban J connectivity index is 2.47. The summed E-state index contributed by atoms with van der Waals surface area (Å²) < 4.78 is 0.982. The molecule has 2 aromatic carbocycles. The summed E-state index contributed by atoms with van der Waals surface area (Å²) in [6.07, 6.45) is 0.569. The van der Waals surface area contributed by atoms with Crippen LogP contribution in [0.15, 0.2) is 53.0 Å². The van der Waals surface area contributed by atoms with Crippen molar-refractivity contribution in [2.45, 2.75) is 18.9 Å². The molecule has 0 bridgehead atoms. The quantitative estimate of drug-likeness (QED) is 0.905. The van der Waals surface area contributed by atoms with Crippen molar-refractivity contribution in [3.05, 3.63) is 64.1 Å².